The zero-order chi connectivity index (χ0) is 14.0. The molecule has 0 amide bonds. The second-order valence-electron chi connectivity index (χ2n) is 3.92. The molecule has 2 rings (SSSR count). The van der Waals surface area contributed by atoms with E-state index in [2.05, 4.69) is 0 Å². The molecule has 0 aliphatic carbocycles. The summed E-state index contributed by atoms with van der Waals surface area (Å²) in [6.45, 7) is 0. The fraction of sp³-hybridized carbons (Fsp3) is 0.0714. The zero-order valence-corrected chi connectivity index (χ0v) is 11.9. The van der Waals surface area contributed by atoms with E-state index >= 15 is 0 Å². The summed E-state index contributed by atoms with van der Waals surface area (Å²) in [7, 11) is 0. The lowest BCUT2D eigenvalue weighted by molar-refractivity contribution is 0.0989. The van der Waals surface area contributed by atoms with E-state index in [1.54, 1.807) is 18.2 Å². The van der Waals surface area contributed by atoms with Crippen molar-refractivity contribution in [3.63, 3.8) is 0 Å². The van der Waals surface area contributed by atoms with Gasteiger partial charge in [0.15, 0.2) is 5.78 Å². The van der Waals surface area contributed by atoms with Crippen molar-refractivity contribution in [2.45, 2.75) is 6.42 Å². The summed E-state index contributed by atoms with van der Waals surface area (Å²) in [6.07, 6.45) is -0.0585. The summed E-state index contributed by atoms with van der Waals surface area (Å²) in [5, 5.41) is 1.01. The van der Waals surface area contributed by atoms with Crippen LogP contribution in [0.3, 0.4) is 0 Å². The Labute approximate surface area is 124 Å². The van der Waals surface area contributed by atoms with Gasteiger partial charge >= 0.3 is 0 Å². The summed E-state index contributed by atoms with van der Waals surface area (Å²) in [4.78, 5) is 12.1. The maximum absolute atomic E-state index is 13.6. The van der Waals surface area contributed by atoms with Gasteiger partial charge in [-0.3, -0.25) is 4.79 Å². The highest BCUT2D eigenvalue weighted by Gasteiger charge is 2.16. The molecule has 0 heterocycles. The summed E-state index contributed by atoms with van der Waals surface area (Å²) >= 11 is 17.6. The van der Waals surface area contributed by atoms with Gasteiger partial charge in [0, 0.05) is 21.5 Å². The molecular formula is C14H8Cl3FO. The molecule has 1 nitrogen and oxygen atoms in total. The monoisotopic (exact) mass is 316 g/mol. The first-order valence-electron chi connectivity index (χ1n) is 5.40. The number of hydrogen-bond donors (Lipinski definition) is 0. The molecule has 2 aromatic carbocycles. The van der Waals surface area contributed by atoms with E-state index in [0.29, 0.717) is 15.6 Å². The smallest absolute Gasteiger partial charge is 0.170 e. The van der Waals surface area contributed by atoms with Crippen LogP contribution in [0.2, 0.25) is 15.1 Å². The molecule has 5 heteroatoms. The third-order valence-electron chi connectivity index (χ3n) is 2.63. The molecule has 0 aliphatic heterocycles. The first-order chi connectivity index (χ1) is 8.99. The van der Waals surface area contributed by atoms with Gasteiger partial charge in [-0.15, -0.1) is 0 Å². The highest BCUT2D eigenvalue weighted by atomic mass is 35.5. The van der Waals surface area contributed by atoms with Crippen LogP contribution in [0.1, 0.15) is 15.9 Å². The van der Waals surface area contributed by atoms with E-state index < -0.39 is 11.6 Å². The first kappa shape index (κ1) is 14.3. The summed E-state index contributed by atoms with van der Waals surface area (Å²) in [6, 6.07) is 8.86. The molecule has 0 unspecified atom stereocenters. The molecule has 98 valence electrons. The average molecular weight is 318 g/mol. The number of benzene rings is 2. The van der Waals surface area contributed by atoms with Crippen molar-refractivity contribution in [3.05, 3.63) is 68.4 Å². The van der Waals surface area contributed by atoms with E-state index in [4.69, 9.17) is 34.8 Å². The fourth-order valence-electron chi connectivity index (χ4n) is 1.67. The number of Topliss-reactive ketones (excluding diaryl/α,β-unsaturated/α-hetero) is 1. The lowest BCUT2D eigenvalue weighted by atomic mass is 10.0. The fourth-order valence-corrected chi connectivity index (χ4v) is 2.36. The van der Waals surface area contributed by atoms with Crippen LogP contribution in [0.5, 0.6) is 0 Å². The molecule has 0 aromatic heterocycles. The van der Waals surface area contributed by atoms with Crippen molar-refractivity contribution in [1.82, 2.24) is 0 Å². The molecule has 0 fully saturated rings. The Morgan fingerprint density at radius 2 is 1.68 bits per heavy atom. The number of halogens is 4. The number of rotatable bonds is 3. The van der Waals surface area contributed by atoms with Crippen LogP contribution in [-0.2, 0) is 6.42 Å². The zero-order valence-electron chi connectivity index (χ0n) is 9.59. The second-order valence-corrected chi connectivity index (χ2v) is 5.18. The molecule has 0 atom stereocenters. The van der Waals surface area contributed by atoms with Crippen LogP contribution in [0, 0.1) is 5.82 Å². The molecule has 0 aliphatic rings. The number of carbonyl (C=O) groups excluding carboxylic acids is 1. The summed E-state index contributed by atoms with van der Waals surface area (Å²) < 4.78 is 13.6. The van der Waals surface area contributed by atoms with Crippen molar-refractivity contribution in [2.75, 3.05) is 0 Å². The predicted octanol–water partition coefficient (Wildman–Crippen LogP) is 5.21. The topological polar surface area (TPSA) is 17.1 Å². The Hall–Kier alpha value is -1.09. The third kappa shape index (κ3) is 3.27. The average Bonchev–Trinajstić information content (AvgIpc) is 2.33. The Kier molecular flexibility index (Phi) is 4.46. The number of hydrogen-bond acceptors (Lipinski definition) is 1. The SMILES string of the molecule is O=C(Cc1c(Cl)cccc1Cl)c1ccc(Cl)cc1F. The number of carbonyl (C=O) groups is 1. The van der Waals surface area contributed by atoms with Crippen LogP contribution in [0.4, 0.5) is 4.39 Å². The minimum atomic E-state index is -0.652. The van der Waals surface area contributed by atoms with Crippen LogP contribution >= 0.6 is 34.8 Å². The first-order valence-corrected chi connectivity index (χ1v) is 6.53. The molecule has 2 aromatic rings. The molecule has 0 saturated heterocycles. The standard InChI is InChI=1S/C14H8Cl3FO/c15-8-4-5-9(13(18)6-8)14(19)7-10-11(16)2-1-3-12(10)17/h1-6H,7H2. The van der Waals surface area contributed by atoms with Crippen molar-refractivity contribution >= 4 is 40.6 Å². The molecule has 0 bridgehead atoms. The Morgan fingerprint density at radius 1 is 1.05 bits per heavy atom. The molecule has 0 radical (unpaired) electrons. The highest BCUT2D eigenvalue weighted by Crippen LogP contribution is 2.26. The van der Waals surface area contributed by atoms with E-state index in [-0.39, 0.29) is 17.0 Å². The normalized spacial score (nSPS) is 10.5. The van der Waals surface area contributed by atoms with Gasteiger partial charge in [0.2, 0.25) is 0 Å². The van der Waals surface area contributed by atoms with Crippen molar-refractivity contribution in [3.8, 4) is 0 Å². The van der Waals surface area contributed by atoms with Crippen LogP contribution < -0.4 is 0 Å². The Morgan fingerprint density at radius 3 is 2.26 bits per heavy atom. The molecule has 0 spiro atoms. The summed E-state index contributed by atoms with van der Waals surface area (Å²) in [5.41, 5.74) is 0.463. The van der Waals surface area contributed by atoms with Gasteiger partial charge in [-0.25, -0.2) is 4.39 Å². The quantitative estimate of drug-likeness (QED) is 0.710. The van der Waals surface area contributed by atoms with Crippen molar-refractivity contribution < 1.29 is 9.18 Å². The molecular weight excluding hydrogens is 310 g/mol. The molecule has 19 heavy (non-hydrogen) atoms. The largest absolute Gasteiger partial charge is 0.294 e. The van der Waals surface area contributed by atoms with Crippen LogP contribution in [0.25, 0.3) is 0 Å². The maximum Gasteiger partial charge on any atom is 0.170 e. The van der Waals surface area contributed by atoms with Gasteiger partial charge in [0.1, 0.15) is 5.82 Å². The summed E-state index contributed by atoms with van der Waals surface area (Å²) in [5.74, 6) is -1.05. The third-order valence-corrected chi connectivity index (χ3v) is 3.57. The Bertz CT molecular complexity index is 620. The van der Waals surface area contributed by atoms with Gasteiger partial charge in [-0.2, -0.15) is 0 Å². The van der Waals surface area contributed by atoms with E-state index in [9.17, 15) is 9.18 Å². The minimum Gasteiger partial charge on any atom is -0.294 e. The maximum atomic E-state index is 13.6. The van der Waals surface area contributed by atoms with Gasteiger partial charge in [0.05, 0.1) is 5.56 Å². The lowest BCUT2D eigenvalue weighted by Crippen LogP contribution is -2.07. The van der Waals surface area contributed by atoms with Gasteiger partial charge in [-0.05, 0) is 35.9 Å². The van der Waals surface area contributed by atoms with E-state index in [0.717, 1.165) is 6.07 Å². The van der Waals surface area contributed by atoms with Crippen molar-refractivity contribution in [1.29, 1.82) is 0 Å². The van der Waals surface area contributed by atoms with Gasteiger partial charge < -0.3 is 0 Å². The van der Waals surface area contributed by atoms with Gasteiger partial charge in [-0.1, -0.05) is 40.9 Å². The van der Waals surface area contributed by atoms with Gasteiger partial charge in [0.25, 0.3) is 0 Å². The molecule has 0 saturated carbocycles. The van der Waals surface area contributed by atoms with Crippen molar-refractivity contribution in [2.24, 2.45) is 0 Å². The second kappa shape index (κ2) is 5.91. The number of ketones is 1. The lowest BCUT2D eigenvalue weighted by Gasteiger charge is -2.07. The molecule has 0 N–H and O–H groups in total. The van der Waals surface area contributed by atoms with E-state index in [1.807, 2.05) is 0 Å². The van der Waals surface area contributed by atoms with E-state index in [1.165, 1.54) is 12.1 Å². The van der Waals surface area contributed by atoms with Crippen LogP contribution in [-0.4, -0.2) is 5.78 Å². The Balaban J connectivity index is 2.31. The minimum absolute atomic E-state index is 0.0274. The predicted molar refractivity (Wildman–Crippen MR) is 75.9 cm³/mol. The highest BCUT2D eigenvalue weighted by molar-refractivity contribution is 6.36. The van der Waals surface area contributed by atoms with Crippen LogP contribution in [0.15, 0.2) is 36.4 Å².